The van der Waals surface area contributed by atoms with Crippen LogP contribution in [0.3, 0.4) is 0 Å². The predicted molar refractivity (Wildman–Crippen MR) is 90.1 cm³/mol. The lowest BCUT2D eigenvalue weighted by molar-refractivity contribution is -0.390. The molecule has 10 heteroatoms. The number of rotatable bonds is 5. The summed E-state index contributed by atoms with van der Waals surface area (Å²) in [6.07, 6.45) is 0. The van der Waals surface area contributed by atoms with Crippen molar-refractivity contribution in [1.82, 2.24) is 14.8 Å². The van der Waals surface area contributed by atoms with Crippen LogP contribution >= 0.6 is 11.8 Å². The highest BCUT2D eigenvalue weighted by Gasteiger charge is 2.25. The van der Waals surface area contributed by atoms with E-state index in [4.69, 9.17) is 4.74 Å². The van der Waals surface area contributed by atoms with Crippen molar-refractivity contribution in [1.29, 1.82) is 0 Å². The van der Waals surface area contributed by atoms with E-state index in [1.54, 1.807) is 25.2 Å². The van der Waals surface area contributed by atoms with Gasteiger partial charge >= 0.3 is 5.69 Å². The summed E-state index contributed by atoms with van der Waals surface area (Å²) in [5.74, 6) is -1.12. The monoisotopic (exact) mass is 378 g/mol. The minimum Gasteiger partial charge on any atom is -0.497 e. The van der Waals surface area contributed by atoms with Gasteiger partial charge in [-0.2, -0.15) is 4.39 Å². The van der Waals surface area contributed by atoms with Crippen molar-refractivity contribution in [2.24, 2.45) is 7.05 Å². The van der Waals surface area contributed by atoms with Gasteiger partial charge < -0.3 is 9.30 Å². The van der Waals surface area contributed by atoms with Gasteiger partial charge in [0.2, 0.25) is 5.82 Å². The summed E-state index contributed by atoms with van der Waals surface area (Å²) in [5.41, 5.74) is -0.452. The van der Waals surface area contributed by atoms with E-state index in [1.807, 2.05) is 0 Å². The van der Waals surface area contributed by atoms with Crippen molar-refractivity contribution in [3.63, 3.8) is 0 Å². The first kappa shape index (κ1) is 17.8. The SMILES string of the molecule is COc1cc(F)c([N+](=O)[O-])c(Sc2nnc(-c3ccccc3F)n2C)c1. The first-order valence-electron chi connectivity index (χ1n) is 7.26. The maximum atomic E-state index is 14.0. The summed E-state index contributed by atoms with van der Waals surface area (Å²) in [5, 5.41) is 19.3. The summed E-state index contributed by atoms with van der Waals surface area (Å²) < 4.78 is 34.5. The summed E-state index contributed by atoms with van der Waals surface area (Å²) in [6.45, 7) is 0. The normalized spacial score (nSPS) is 10.8. The molecule has 0 spiro atoms. The topological polar surface area (TPSA) is 83.1 Å². The number of aromatic nitrogens is 3. The molecule has 0 aliphatic rings. The van der Waals surface area contributed by atoms with Crippen molar-refractivity contribution >= 4 is 17.4 Å². The Balaban J connectivity index is 2.05. The maximum Gasteiger partial charge on any atom is 0.318 e. The fourth-order valence-corrected chi connectivity index (χ4v) is 3.25. The fourth-order valence-electron chi connectivity index (χ4n) is 2.30. The summed E-state index contributed by atoms with van der Waals surface area (Å²) in [6, 6.07) is 8.31. The lowest BCUT2D eigenvalue weighted by Gasteiger charge is -2.07. The highest BCUT2D eigenvalue weighted by atomic mass is 32.2. The van der Waals surface area contributed by atoms with E-state index in [0.717, 1.165) is 17.8 Å². The Kier molecular flexibility index (Phi) is 4.85. The lowest BCUT2D eigenvalue weighted by Crippen LogP contribution is -1.99. The van der Waals surface area contributed by atoms with Gasteiger partial charge in [0.05, 0.1) is 22.5 Å². The van der Waals surface area contributed by atoms with E-state index >= 15 is 0 Å². The number of nitro benzene ring substituents is 1. The van der Waals surface area contributed by atoms with Gasteiger partial charge in [0.15, 0.2) is 11.0 Å². The minimum absolute atomic E-state index is 0.00225. The van der Waals surface area contributed by atoms with Gasteiger partial charge in [0.25, 0.3) is 0 Å². The Bertz CT molecular complexity index is 994. The zero-order valence-electron chi connectivity index (χ0n) is 13.6. The fraction of sp³-hybridized carbons (Fsp3) is 0.125. The van der Waals surface area contributed by atoms with Crippen LogP contribution in [0.5, 0.6) is 5.75 Å². The molecule has 0 amide bonds. The van der Waals surface area contributed by atoms with Crippen LogP contribution in [0.1, 0.15) is 0 Å². The van der Waals surface area contributed by atoms with Crippen molar-refractivity contribution in [3.05, 3.63) is 58.1 Å². The number of ether oxygens (including phenoxy) is 1. The molecular formula is C16H12F2N4O3S. The molecule has 0 aliphatic heterocycles. The van der Waals surface area contributed by atoms with E-state index in [1.165, 1.54) is 23.8 Å². The second-order valence-electron chi connectivity index (χ2n) is 5.16. The minimum atomic E-state index is -1.02. The van der Waals surface area contributed by atoms with Gasteiger partial charge in [-0.3, -0.25) is 10.1 Å². The maximum absolute atomic E-state index is 14.0. The van der Waals surface area contributed by atoms with Gasteiger partial charge in [-0.05, 0) is 23.9 Å². The Hall–Kier alpha value is -3.01. The average molecular weight is 378 g/mol. The Labute approximate surface area is 150 Å². The van der Waals surface area contributed by atoms with Gasteiger partial charge in [-0.1, -0.05) is 12.1 Å². The van der Waals surface area contributed by atoms with Crippen molar-refractivity contribution in [3.8, 4) is 17.1 Å². The quantitative estimate of drug-likeness (QED) is 0.496. The van der Waals surface area contributed by atoms with Crippen LogP contribution in [0.25, 0.3) is 11.4 Å². The van der Waals surface area contributed by atoms with Crippen LogP contribution in [0, 0.1) is 21.7 Å². The van der Waals surface area contributed by atoms with Crippen molar-refractivity contribution in [2.45, 2.75) is 10.1 Å². The van der Waals surface area contributed by atoms with Crippen LogP contribution in [-0.4, -0.2) is 26.8 Å². The molecule has 3 aromatic rings. The van der Waals surface area contributed by atoms with Crippen LogP contribution in [-0.2, 0) is 7.05 Å². The highest BCUT2D eigenvalue weighted by molar-refractivity contribution is 7.99. The smallest absolute Gasteiger partial charge is 0.318 e. The molecule has 0 bridgehead atoms. The Morgan fingerprint density at radius 1 is 1.19 bits per heavy atom. The largest absolute Gasteiger partial charge is 0.497 e. The molecule has 0 fully saturated rings. The highest BCUT2D eigenvalue weighted by Crippen LogP contribution is 2.39. The molecule has 26 heavy (non-hydrogen) atoms. The summed E-state index contributed by atoms with van der Waals surface area (Å²) >= 11 is 0.839. The number of nitro groups is 1. The molecule has 0 atom stereocenters. The Morgan fingerprint density at radius 2 is 1.92 bits per heavy atom. The summed E-state index contributed by atoms with van der Waals surface area (Å²) in [4.78, 5) is 10.4. The molecule has 0 radical (unpaired) electrons. The molecule has 1 aromatic heterocycles. The average Bonchev–Trinajstić information content (AvgIpc) is 2.95. The second kappa shape index (κ2) is 7.08. The molecule has 7 nitrogen and oxygen atoms in total. The first-order valence-corrected chi connectivity index (χ1v) is 8.08. The molecule has 2 aromatic carbocycles. The predicted octanol–water partition coefficient (Wildman–Crippen LogP) is 3.83. The zero-order chi connectivity index (χ0) is 18.8. The van der Waals surface area contributed by atoms with E-state index in [0.29, 0.717) is 0 Å². The zero-order valence-corrected chi connectivity index (χ0v) is 14.5. The van der Waals surface area contributed by atoms with Gasteiger partial charge in [0, 0.05) is 19.2 Å². The van der Waals surface area contributed by atoms with E-state index < -0.39 is 22.2 Å². The first-order chi connectivity index (χ1) is 12.4. The molecule has 1 heterocycles. The molecule has 0 N–H and O–H groups in total. The Morgan fingerprint density at radius 3 is 2.58 bits per heavy atom. The number of halogens is 2. The third-order valence-corrected chi connectivity index (χ3v) is 4.64. The standard InChI is InChI=1S/C16H12F2N4O3S/c1-21-15(10-5-3-4-6-11(10)17)19-20-16(21)26-13-8-9(25-2)7-12(18)14(13)22(23)24/h3-8H,1-2H3. The lowest BCUT2D eigenvalue weighted by atomic mass is 10.2. The van der Waals surface area contributed by atoms with Gasteiger partial charge in [-0.25, -0.2) is 4.39 Å². The molecule has 0 saturated heterocycles. The number of nitrogens with zero attached hydrogens (tertiary/aromatic N) is 4. The van der Waals surface area contributed by atoms with Crippen molar-refractivity contribution in [2.75, 3.05) is 7.11 Å². The van der Waals surface area contributed by atoms with Crippen molar-refractivity contribution < 1.29 is 18.4 Å². The third-order valence-electron chi connectivity index (χ3n) is 3.57. The summed E-state index contributed by atoms with van der Waals surface area (Å²) in [7, 11) is 2.92. The molecule has 0 aliphatic carbocycles. The van der Waals surface area contributed by atoms with Crippen LogP contribution in [0.2, 0.25) is 0 Å². The molecule has 0 unspecified atom stereocenters. The molecular weight excluding hydrogens is 366 g/mol. The second-order valence-corrected chi connectivity index (χ2v) is 6.17. The number of benzene rings is 2. The number of methoxy groups -OCH3 is 1. The molecule has 134 valence electrons. The molecule has 0 saturated carbocycles. The molecule has 3 rings (SSSR count). The number of hydrogen-bond donors (Lipinski definition) is 0. The van der Waals surface area contributed by atoms with Crippen LogP contribution in [0.4, 0.5) is 14.5 Å². The van der Waals surface area contributed by atoms with Crippen LogP contribution < -0.4 is 4.74 Å². The van der Waals surface area contributed by atoms with Gasteiger partial charge in [-0.15, -0.1) is 10.2 Å². The van der Waals surface area contributed by atoms with Crippen LogP contribution in [0.15, 0.2) is 46.5 Å². The number of hydrogen-bond acceptors (Lipinski definition) is 6. The van der Waals surface area contributed by atoms with E-state index in [-0.39, 0.29) is 27.2 Å². The third kappa shape index (κ3) is 3.23. The van der Waals surface area contributed by atoms with E-state index in [9.17, 15) is 18.9 Å². The van der Waals surface area contributed by atoms with E-state index in [2.05, 4.69) is 10.2 Å². The van der Waals surface area contributed by atoms with Gasteiger partial charge in [0.1, 0.15) is 11.6 Å².